The lowest BCUT2D eigenvalue weighted by atomic mass is 10.1. The van der Waals surface area contributed by atoms with Crippen LogP contribution in [-0.4, -0.2) is 34.1 Å². The fourth-order valence-corrected chi connectivity index (χ4v) is 4.09. The van der Waals surface area contributed by atoms with Crippen LogP contribution in [0.5, 0.6) is 0 Å². The second kappa shape index (κ2) is 8.54. The lowest BCUT2D eigenvalue weighted by Crippen LogP contribution is -2.28. The largest absolute Gasteiger partial charge is 0.339 e. The number of hydrogen-bond donors (Lipinski definition) is 1. The van der Waals surface area contributed by atoms with E-state index in [-0.39, 0.29) is 0 Å². The zero-order valence-corrected chi connectivity index (χ0v) is 17.1. The molecule has 1 N–H and O–H groups in total. The first-order valence-electron chi connectivity index (χ1n) is 9.73. The molecule has 0 radical (unpaired) electrons. The van der Waals surface area contributed by atoms with E-state index in [0.29, 0.717) is 0 Å². The first-order chi connectivity index (χ1) is 13.8. The lowest BCUT2D eigenvalue weighted by Gasteiger charge is -2.21. The monoisotopic (exact) mass is 391 g/mol. The molecule has 2 aromatic carbocycles. The summed E-state index contributed by atoms with van der Waals surface area (Å²) in [4.78, 5) is 6.74. The van der Waals surface area contributed by atoms with Crippen LogP contribution in [0.25, 0.3) is 21.8 Å². The van der Waals surface area contributed by atoms with Crippen LogP contribution in [0, 0.1) is 0 Å². The Morgan fingerprint density at radius 3 is 2.21 bits per heavy atom. The number of likely N-dealkylation sites (N-methyl/N-ethyl adjacent to an activating group) is 1. The quantitative estimate of drug-likeness (QED) is 0.372. The number of benzene rings is 2. The molecule has 0 fully saturated rings. The molecule has 0 aliphatic carbocycles. The second-order valence-corrected chi connectivity index (χ2v) is 7.52. The van der Waals surface area contributed by atoms with E-state index in [4.69, 9.17) is 5.10 Å². The summed E-state index contributed by atoms with van der Waals surface area (Å²) in [6, 6.07) is 17.0. The molecule has 6 heteroatoms. The maximum atomic E-state index is 4.75. The summed E-state index contributed by atoms with van der Waals surface area (Å²) in [7, 11) is 0. The molecule has 2 heterocycles. The Labute approximate surface area is 169 Å². The van der Waals surface area contributed by atoms with Crippen molar-refractivity contribution in [3.8, 4) is 0 Å². The number of rotatable bonds is 7. The van der Waals surface area contributed by atoms with Crippen molar-refractivity contribution in [3.63, 3.8) is 0 Å². The van der Waals surface area contributed by atoms with Gasteiger partial charge < -0.3 is 9.47 Å². The van der Waals surface area contributed by atoms with Gasteiger partial charge in [0, 0.05) is 35.4 Å². The van der Waals surface area contributed by atoms with Gasteiger partial charge in [-0.15, -0.1) is 11.3 Å². The first-order valence-corrected chi connectivity index (χ1v) is 10.6. The van der Waals surface area contributed by atoms with E-state index in [9.17, 15) is 0 Å². The second-order valence-electron chi connectivity index (χ2n) is 6.62. The molecular formula is C22H25N5S. The number of anilines is 1. The summed E-state index contributed by atoms with van der Waals surface area (Å²) in [6.45, 7) is 8.55. The van der Waals surface area contributed by atoms with E-state index in [1.54, 1.807) is 17.5 Å². The van der Waals surface area contributed by atoms with Gasteiger partial charge >= 0.3 is 0 Å². The van der Waals surface area contributed by atoms with Gasteiger partial charge in [-0.05, 0) is 25.2 Å². The van der Waals surface area contributed by atoms with Crippen LogP contribution in [-0.2, 0) is 6.54 Å². The Hall–Kier alpha value is -2.70. The van der Waals surface area contributed by atoms with Crippen molar-refractivity contribution in [2.45, 2.75) is 20.4 Å². The number of aromatic nitrogens is 2. The lowest BCUT2D eigenvalue weighted by molar-refractivity contribution is 0.293. The highest BCUT2D eigenvalue weighted by Gasteiger charge is 2.10. The highest BCUT2D eigenvalue weighted by molar-refractivity contribution is 7.13. The van der Waals surface area contributed by atoms with Crippen molar-refractivity contribution >= 4 is 38.3 Å². The number of pyridine rings is 1. The number of fused-ring (bicyclic) bond motifs is 2. The molecule has 0 bridgehead atoms. The molecule has 0 saturated heterocycles. The third-order valence-corrected chi connectivity index (χ3v) is 5.81. The molecule has 0 aliphatic heterocycles. The zero-order valence-electron chi connectivity index (χ0n) is 16.3. The van der Waals surface area contributed by atoms with Crippen LogP contribution in [0.15, 0.2) is 65.2 Å². The van der Waals surface area contributed by atoms with Gasteiger partial charge in [0.1, 0.15) is 5.36 Å². The molecule has 5 nitrogen and oxygen atoms in total. The van der Waals surface area contributed by atoms with Crippen LogP contribution in [0.1, 0.15) is 13.8 Å². The molecule has 144 valence electrons. The molecular weight excluding hydrogens is 366 g/mol. The van der Waals surface area contributed by atoms with E-state index < -0.39 is 0 Å². The molecule has 0 atom stereocenters. The van der Waals surface area contributed by atoms with Crippen LogP contribution in [0.4, 0.5) is 5.13 Å². The van der Waals surface area contributed by atoms with Gasteiger partial charge in [-0.1, -0.05) is 50.2 Å². The Morgan fingerprint density at radius 2 is 1.64 bits per heavy atom. The van der Waals surface area contributed by atoms with Gasteiger partial charge in [-0.25, -0.2) is 4.98 Å². The Kier molecular flexibility index (Phi) is 5.69. The van der Waals surface area contributed by atoms with Crippen LogP contribution in [0.3, 0.4) is 0 Å². The van der Waals surface area contributed by atoms with Gasteiger partial charge in [0.25, 0.3) is 0 Å². The normalized spacial score (nSPS) is 11.4. The topological polar surface area (TPSA) is 45.5 Å². The molecule has 0 spiro atoms. The highest BCUT2D eigenvalue weighted by Crippen LogP contribution is 2.20. The van der Waals surface area contributed by atoms with Crippen molar-refractivity contribution < 1.29 is 0 Å². The number of para-hydroxylation sites is 2. The van der Waals surface area contributed by atoms with E-state index in [1.165, 1.54) is 11.0 Å². The highest BCUT2D eigenvalue weighted by atomic mass is 32.1. The average Bonchev–Trinajstić information content (AvgIpc) is 3.26. The SMILES string of the molecule is CCN(CC)CCn1c2ccccc2c(=NNc2nccs2)c2ccccc21. The Bertz CT molecular complexity index is 1070. The standard InChI is InChI=1S/C22H25N5S/c1-3-26(4-2)14-15-27-19-11-7-5-9-17(19)21(18-10-6-8-12-20(18)27)24-25-22-23-13-16-28-22/h5-13,16H,3-4,14-15H2,1-2H3,(H,23,25). The zero-order chi connectivity index (χ0) is 19.3. The third-order valence-electron chi connectivity index (χ3n) is 5.13. The third kappa shape index (κ3) is 3.66. The van der Waals surface area contributed by atoms with E-state index >= 15 is 0 Å². The summed E-state index contributed by atoms with van der Waals surface area (Å²) in [5, 5.41) is 10.7. The maximum Gasteiger partial charge on any atom is 0.203 e. The molecule has 0 saturated carbocycles. The molecule has 2 aromatic heterocycles. The van der Waals surface area contributed by atoms with Gasteiger partial charge in [-0.2, -0.15) is 5.10 Å². The number of nitrogens with one attached hydrogen (secondary N) is 1. The Morgan fingerprint density at radius 1 is 1.00 bits per heavy atom. The number of nitrogens with zero attached hydrogens (tertiary/aromatic N) is 4. The van der Waals surface area contributed by atoms with E-state index in [1.807, 2.05) is 5.38 Å². The summed E-state index contributed by atoms with van der Waals surface area (Å²) in [6.07, 6.45) is 1.78. The first kappa shape index (κ1) is 18.7. The fourth-order valence-electron chi connectivity index (χ4n) is 3.62. The summed E-state index contributed by atoms with van der Waals surface area (Å²) < 4.78 is 2.42. The molecule has 0 aliphatic rings. The molecule has 28 heavy (non-hydrogen) atoms. The molecule has 4 rings (SSSR count). The van der Waals surface area contributed by atoms with Crippen LogP contribution >= 0.6 is 11.3 Å². The van der Waals surface area contributed by atoms with Gasteiger partial charge in [0.05, 0.1) is 11.0 Å². The smallest absolute Gasteiger partial charge is 0.203 e. The van der Waals surface area contributed by atoms with Crippen LogP contribution < -0.4 is 10.8 Å². The average molecular weight is 392 g/mol. The van der Waals surface area contributed by atoms with Crippen LogP contribution in [0.2, 0.25) is 0 Å². The minimum Gasteiger partial charge on any atom is -0.339 e. The summed E-state index contributed by atoms with van der Waals surface area (Å²) in [5.74, 6) is 0. The minimum atomic E-state index is 0.798. The van der Waals surface area contributed by atoms with Gasteiger partial charge in [-0.3, -0.25) is 5.43 Å². The van der Waals surface area contributed by atoms with Gasteiger partial charge in [0.15, 0.2) is 0 Å². The van der Waals surface area contributed by atoms with E-state index in [0.717, 1.165) is 47.4 Å². The van der Waals surface area contributed by atoms with Crippen molar-refractivity contribution in [1.29, 1.82) is 0 Å². The Balaban J connectivity index is 1.90. The van der Waals surface area contributed by atoms with Crippen molar-refractivity contribution in [3.05, 3.63) is 65.5 Å². The number of thiazole rings is 1. The molecule has 4 aromatic rings. The van der Waals surface area contributed by atoms with Crippen molar-refractivity contribution in [2.24, 2.45) is 5.10 Å². The number of hydrogen-bond acceptors (Lipinski definition) is 5. The fraction of sp³-hybridized carbons (Fsp3) is 0.273. The predicted molar refractivity (Wildman–Crippen MR) is 119 cm³/mol. The molecule has 0 unspecified atom stereocenters. The predicted octanol–water partition coefficient (Wildman–Crippen LogP) is 4.52. The summed E-state index contributed by atoms with van der Waals surface area (Å²) >= 11 is 1.55. The minimum absolute atomic E-state index is 0.798. The molecule has 0 amide bonds. The van der Waals surface area contributed by atoms with Crippen molar-refractivity contribution in [1.82, 2.24) is 14.5 Å². The van der Waals surface area contributed by atoms with Crippen molar-refractivity contribution in [2.75, 3.05) is 25.1 Å². The summed E-state index contributed by atoms with van der Waals surface area (Å²) in [5.41, 5.74) is 5.53. The maximum absolute atomic E-state index is 4.75. The van der Waals surface area contributed by atoms with Gasteiger partial charge in [0.2, 0.25) is 5.13 Å². The van der Waals surface area contributed by atoms with E-state index in [2.05, 4.69) is 82.3 Å².